The summed E-state index contributed by atoms with van der Waals surface area (Å²) in [6.45, 7) is 3.56. The molecular formula is C10H19N3O2S2. The van der Waals surface area contributed by atoms with Crippen molar-refractivity contribution < 1.29 is 8.42 Å². The number of thiophene rings is 1. The molecule has 0 unspecified atom stereocenters. The minimum Gasteiger partial charge on any atom is -0.312 e. The van der Waals surface area contributed by atoms with Gasteiger partial charge in [-0.1, -0.05) is 6.92 Å². The maximum atomic E-state index is 12.0. The Hall–Kier alpha value is -0.470. The molecule has 1 aromatic heterocycles. The van der Waals surface area contributed by atoms with E-state index in [2.05, 4.69) is 17.1 Å². The molecule has 17 heavy (non-hydrogen) atoms. The maximum absolute atomic E-state index is 12.0. The van der Waals surface area contributed by atoms with Crippen molar-refractivity contribution in [1.29, 1.82) is 0 Å². The van der Waals surface area contributed by atoms with Crippen LogP contribution in [0.5, 0.6) is 0 Å². The molecule has 7 heteroatoms. The Morgan fingerprint density at radius 2 is 2.12 bits per heavy atom. The van der Waals surface area contributed by atoms with Crippen molar-refractivity contribution in [3.05, 3.63) is 16.3 Å². The molecule has 0 bridgehead atoms. The molecule has 98 valence electrons. The highest BCUT2D eigenvalue weighted by atomic mass is 32.2. The smallest absolute Gasteiger partial charge is 0.254 e. The van der Waals surface area contributed by atoms with Gasteiger partial charge in [-0.15, -0.1) is 16.2 Å². The molecule has 0 fully saturated rings. The summed E-state index contributed by atoms with van der Waals surface area (Å²) in [4.78, 5) is 3.64. The van der Waals surface area contributed by atoms with E-state index in [9.17, 15) is 8.42 Å². The summed E-state index contributed by atoms with van der Waals surface area (Å²) < 4.78 is 24.0. The molecule has 0 spiro atoms. The lowest BCUT2D eigenvalue weighted by Gasteiger charge is -2.13. The standard InChI is InChI=1S/C10H19N3O2S2/c1-4-6-11-8-9-10(5-7-16-9)17(14,15)12-13(2)3/h5,7,11-12H,4,6,8H2,1-3H3. The average Bonchev–Trinajstić information content (AvgIpc) is 2.65. The molecule has 0 atom stereocenters. The summed E-state index contributed by atoms with van der Waals surface area (Å²) in [5, 5.41) is 6.43. The van der Waals surface area contributed by atoms with Gasteiger partial charge in [0.15, 0.2) is 0 Å². The molecule has 0 aromatic carbocycles. The van der Waals surface area contributed by atoms with Gasteiger partial charge in [-0.2, -0.15) is 0 Å². The van der Waals surface area contributed by atoms with Crippen LogP contribution in [0, 0.1) is 0 Å². The molecule has 5 nitrogen and oxygen atoms in total. The lowest BCUT2D eigenvalue weighted by atomic mass is 10.4. The molecule has 0 radical (unpaired) electrons. The van der Waals surface area contributed by atoms with Crippen molar-refractivity contribution in [1.82, 2.24) is 15.2 Å². The number of nitrogens with one attached hydrogen (secondary N) is 2. The molecule has 0 saturated heterocycles. The predicted molar refractivity (Wildman–Crippen MR) is 70.3 cm³/mol. The van der Waals surface area contributed by atoms with E-state index in [0.717, 1.165) is 17.8 Å². The van der Waals surface area contributed by atoms with E-state index in [0.29, 0.717) is 11.4 Å². The first-order valence-corrected chi connectivity index (χ1v) is 7.80. The second-order valence-corrected chi connectivity index (χ2v) is 6.50. The highest BCUT2D eigenvalue weighted by Gasteiger charge is 2.19. The minimum absolute atomic E-state index is 0.361. The van der Waals surface area contributed by atoms with Crippen molar-refractivity contribution in [2.75, 3.05) is 20.6 Å². The van der Waals surface area contributed by atoms with Crippen LogP contribution in [-0.2, 0) is 16.6 Å². The maximum Gasteiger partial charge on any atom is 0.254 e. The van der Waals surface area contributed by atoms with Crippen LogP contribution < -0.4 is 10.1 Å². The number of rotatable bonds is 7. The van der Waals surface area contributed by atoms with E-state index in [1.165, 1.54) is 16.3 Å². The van der Waals surface area contributed by atoms with Gasteiger partial charge in [-0.05, 0) is 24.4 Å². The Morgan fingerprint density at radius 3 is 2.71 bits per heavy atom. The monoisotopic (exact) mass is 277 g/mol. The fourth-order valence-electron chi connectivity index (χ4n) is 1.37. The second-order valence-electron chi connectivity index (χ2n) is 3.87. The van der Waals surface area contributed by atoms with Crippen LogP contribution in [0.25, 0.3) is 0 Å². The van der Waals surface area contributed by atoms with Crippen LogP contribution in [0.2, 0.25) is 0 Å². The van der Waals surface area contributed by atoms with Crippen LogP contribution in [0.4, 0.5) is 0 Å². The summed E-state index contributed by atoms with van der Waals surface area (Å²) in [6, 6.07) is 1.64. The Bertz CT molecular complexity index is 440. The first-order valence-electron chi connectivity index (χ1n) is 5.44. The van der Waals surface area contributed by atoms with E-state index in [1.807, 2.05) is 0 Å². The molecule has 0 aliphatic heterocycles. The fourth-order valence-corrected chi connectivity index (χ4v) is 3.86. The van der Waals surface area contributed by atoms with Crippen LogP contribution in [0.15, 0.2) is 16.3 Å². The molecule has 0 aliphatic rings. The van der Waals surface area contributed by atoms with Gasteiger partial charge in [0.05, 0.1) is 4.90 Å². The van der Waals surface area contributed by atoms with Gasteiger partial charge in [0.2, 0.25) is 0 Å². The van der Waals surface area contributed by atoms with Gasteiger partial charge in [0.1, 0.15) is 0 Å². The van der Waals surface area contributed by atoms with Gasteiger partial charge in [-0.25, -0.2) is 13.4 Å². The average molecular weight is 277 g/mol. The first kappa shape index (κ1) is 14.6. The molecule has 0 aliphatic carbocycles. The summed E-state index contributed by atoms with van der Waals surface area (Å²) in [7, 11) is -0.134. The second kappa shape index (κ2) is 6.46. The normalized spacial score (nSPS) is 12.2. The predicted octanol–water partition coefficient (Wildman–Crippen LogP) is 1.00. The van der Waals surface area contributed by atoms with Gasteiger partial charge >= 0.3 is 0 Å². The minimum atomic E-state index is -3.44. The van der Waals surface area contributed by atoms with Gasteiger partial charge < -0.3 is 5.32 Å². The molecule has 1 aromatic rings. The zero-order valence-electron chi connectivity index (χ0n) is 10.4. The first-order chi connectivity index (χ1) is 7.97. The van der Waals surface area contributed by atoms with Crippen molar-refractivity contribution in [3.8, 4) is 0 Å². The van der Waals surface area contributed by atoms with Crippen LogP contribution in [0.1, 0.15) is 18.2 Å². The molecule has 2 N–H and O–H groups in total. The van der Waals surface area contributed by atoms with E-state index in [-0.39, 0.29) is 0 Å². The van der Waals surface area contributed by atoms with Gasteiger partial charge in [0, 0.05) is 25.5 Å². The fraction of sp³-hybridized carbons (Fsp3) is 0.600. The third-order valence-electron chi connectivity index (χ3n) is 2.01. The van der Waals surface area contributed by atoms with Crippen LogP contribution >= 0.6 is 11.3 Å². The molecular weight excluding hydrogens is 258 g/mol. The number of sulfonamides is 1. The lowest BCUT2D eigenvalue weighted by molar-refractivity contribution is 0.364. The van der Waals surface area contributed by atoms with E-state index in [4.69, 9.17) is 0 Å². The summed E-state index contributed by atoms with van der Waals surface area (Å²) in [6.07, 6.45) is 1.03. The zero-order valence-corrected chi connectivity index (χ0v) is 12.0. The largest absolute Gasteiger partial charge is 0.312 e. The highest BCUT2D eigenvalue weighted by molar-refractivity contribution is 7.89. The molecule has 1 rings (SSSR count). The van der Waals surface area contributed by atoms with Crippen molar-refractivity contribution in [2.45, 2.75) is 24.8 Å². The number of hydrazine groups is 1. The van der Waals surface area contributed by atoms with Crippen molar-refractivity contribution in [3.63, 3.8) is 0 Å². The molecule has 0 amide bonds. The lowest BCUT2D eigenvalue weighted by Crippen LogP contribution is -2.36. The zero-order chi connectivity index (χ0) is 12.9. The van der Waals surface area contributed by atoms with Gasteiger partial charge in [0.25, 0.3) is 10.0 Å². The summed E-state index contributed by atoms with van der Waals surface area (Å²) in [5.74, 6) is 0. The third-order valence-corrected chi connectivity index (χ3v) is 4.63. The Labute approximate surface area is 107 Å². The van der Waals surface area contributed by atoms with E-state index < -0.39 is 10.0 Å². The van der Waals surface area contributed by atoms with E-state index >= 15 is 0 Å². The van der Waals surface area contributed by atoms with Gasteiger partial charge in [-0.3, -0.25) is 0 Å². The molecule has 0 saturated carbocycles. The van der Waals surface area contributed by atoms with E-state index in [1.54, 1.807) is 25.5 Å². The Morgan fingerprint density at radius 1 is 1.41 bits per heavy atom. The van der Waals surface area contributed by atoms with Crippen molar-refractivity contribution >= 4 is 21.4 Å². The summed E-state index contributed by atoms with van der Waals surface area (Å²) in [5.41, 5.74) is 0. The SMILES string of the molecule is CCCNCc1sccc1S(=O)(=O)NN(C)C. The Kier molecular flexibility index (Phi) is 5.54. The number of hydrogen-bond acceptors (Lipinski definition) is 5. The quantitative estimate of drug-likeness (QED) is 0.577. The Balaban J connectivity index is 2.80. The molecule has 1 heterocycles. The number of nitrogens with zero attached hydrogens (tertiary/aromatic N) is 1. The number of hydrogen-bond donors (Lipinski definition) is 2. The topological polar surface area (TPSA) is 61.4 Å². The highest BCUT2D eigenvalue weighted by Crippen LogP contribution is 2.21. The summed E-state index contributed by atoms with van der Waals surface area (Å²) >= 11 is 1.45. The van der Waals surface area contributed by atoms with Crippen LogP contribution in [-0.4, -0.2) is 34.1 Å². The third kappa shape index (κ3) is 4.36. The van der Waals surface area contributed by atoms with Crippen molar-refractivity contribution in [2.24, 2.45) is 0 Å². The van der Waals surface area contributed by atoms with Crippen LogP contribution in [0.3, 0.4) is 0 Å².